The van der Waals surface area contributed by atoms with Gasteiger partial charge in [0.15, 0.2) is 0 Å². The van der Waals surface area contributed by atoms with Crippen molar-refractivity contribution in [1.82, 2.24) is 9.71 Å². The highest BCUT2D eigenvalue weighted by Gasteiger charge is 2.20. The van der Waals surface area contributed by atoms with E-state index in [2.05, 4.69) is 9.71 Å². The summed E-state index contributed by atoms with van der Waals surface area (Å²) in [6.45, 7) is 1.83. The van der Waals surface area contributed by atoms with Gasteiger partial charge in [0.1, 0.15) is 0 Å². The van der Waals surface area contributed by atoms with Crippen LogP contribution in [0.25, 0.3) is 10.8 Å². The van der Waals surface area contributed by atoms with Crippen molar-refractivity contribution in [3.05, 3.63) is 72.6 Å². The molecule has 2 aromatic carbocycles. The predicted molar refractivity (Wildman–Crippen MR) is 86.9 cm³/mol. The average Bonchev–Trinajstić information content (AvgIpc) is 2.54. The summed E-state index contributed by atoms with van der Waals surface area (Å²) in [7, 11) is -3.61. The normalized spacial score (nSPS) is 13.1. The van der Waals surface area contributed by atoms with E-state index in [1.807, 2.05) is 43.3 Å². The number of fused-ring (bicyclic) bond motifs is 1. The minimum absolute atomic E-state index is 0.273. The summed E-state index contributed by atoms with van der Waals surface area (Å²) >= 11 is 0. The van der Waals surface area contributed by atoms with Crippen molar-refractivity contribution >= 4 is 20.8 Å². The highest BCUT2D eigenvalue weighted by Crippen LogP contribution is 2.23. The summed E-state index contributed by atoms with van der Waals surface area (Å²) in [4.78, 5) is 4.30. The van der Waals surface area contributed by atoms with Crippen LogP contribution in [0.4, 0.5) is 0 Å². The van der Waals surface area contributed by atoms with Gasteiger partial charge in [0.2, 0.25) is 10.0 Å². The first-order valence-corrected chi connectivity index (χ1v) is 8.46. The van der Waals surface area contributed by atoms with Crippen molar-refractivity contribution in [1.29, 1.82) is 0 Å². The van der Waals surface area contributed by atoms with Crippen LogP contribution in [0.1, 0.15) is 18.5 Å². The second kappa shape index (κ2) is 5.87. The molecule has 1 N–H and O–H groups in total. The fourth-order valence-corrected chi connectivity index (χ4v) is 3.89. The highest BCUT2D eigenvalue weighted by atomic mass is 32.2. The maximum atomic E-state index is 12.7. The molecule has 0 saturated heterocycles. The van der Waals surface area contributed by atoms with Crippen LogP contribution in [-0.2, 0) is 10.0 Å². The van der Waals surface area contributed by atoms with Gasteiger partial charge in [-0.15, -0.1) is 0 Å². The summed E-state index contributed by atoms with van der Waals surface area (Å²) in [6.07, 6.45) is 3.26. The van der Waals surface area contributed by atoms with Gasteiger partial charge in [-0.2, -0.15) is 0 Å². The number of sulfonamides is 1. The first kappa shape index (κ1) is 14.7. The molecule has 22 heavy (non-hydrogen) atoms. The van der Waals surface area contributed by atoms with Crippen LogP contribution in [0.15, 0.2) is 71.9 Å². The summed E-state index contributed by atoms with van der Waals surface area (Å²) in [5.41, 5.74) is 0.924. The Kier molecular flexibility index (Phi) is 3.92. The molecule has 0 aliphatic rings. The van der Waals surface area contributed by atoms with E-state index in [0.717, 1.165) is 10.9 Å². The molecule has 1 aromatic heterocycles. The topological polar surface area (TPSA) is 59.1 Å². The number of pyridine rings is 1. The van der Waals surface area contributed by atoms with E-state index < -0.39 is 10.0 Å². The van der Waals surface area contributed by atoms with E-state index in [0.29, 0.717) is 5.39 Å². The lowest BCUT2D eigenvalue weighted by molar-refractivity contribution is 0.568. The average molecular weight is 312 g/mol. The minimum Gasteiger partial charge on any atom is -0.264 e. The summed E-state index contributed by atoms with van der Waals surface area (Å²) < 4.78 is 28.1. The van der Waals surface area contributed by atoms with Gasteiger partial charge >= 0.3 is 0 Å². The molecule has 0 spiro atoms. The first-order valence-electron chi connectivity index (χ1n) is 6.98. The number of benzene rings is 2. The number of hydrogen-bond acceptors (Lipinski definition) is 3. The van der Waals surface area contributed by atoms with Crippen LogP contribution in [0, 0.1) is 0 Å². The lowest BCUT2D eigenvalue weighted by atomic mass is 10.1. The summed E-state index contributed by atoms with van der Waals surface area (Å²) in [5, 5.41) is 1.48. The van der Waals surface area contributed by atoms with Gasteiger partial charge in [0, 0.05) is 29.2 Å². The van der Waals surface area contributed by atoms with Crippen LogP contribution in [-0.4, -0.2) is 13.4 Å². The predicted octanol–water partition coefficient (Wildman–Crippen LogP) is 3.27. The molecule has 0 radical (unpaired) electrons. The summed E-state index contributed by atoms with van der Waals surface area (Å²) in [5.74, 6) is 0. The number of aromatic nitrogens is 1. The molecule has 0 bridgehead atoms. The van der Waals surface area contributed by atoms with Crippen molar-refractivity contribution in [2.24, 2.45) is 0 Å². The largest absolute Gasteiger partial charge is 0.264 e. The summed E-state index contributed by atoms with van der Waals surface area (Å²) in [6, 6.07) is 16.1. The third-order valence-electron chi connectivity index (χ3n) is 3.56. The second-order valence-corrected chi connectivity index (χ2v) is 6.79. The smallest absolute Gasteiger partial charge is 0.241 e. The molecule has 3 rings (SSSR count). The third-order valence-corrected chi connectivity index (χ3v) is 5.16. The van der Waals surface area contributed by atoms with E-state index in [1.165, 1.54) is 0 Å². The van der Waals surface area contributed by atoms with E-state index in [4.69, 9.17) is 0 Å². The monoisotopic (exact) mass is 312 g/mol. The molecule has 5 heteroatoms. The Bertz CT molecular complexity index is 887. The van der Waals surface area contributed by atoms with Gasteiger partial charge in [-0.05, 0) is 24.6 Å². The fraction of sp³-hybridized carbons (Fsp3) is 0.118. The van der Waals surface area contributed by atoms with Crippen molar-refractivity contribution < 1.29 is 8.42 Å². The molecule has 1 atom stereocenters. The van der Waals surface area contributed by atoms with Crippen molar-refractivity contribution in [2.75, 3.05) is 0 Å². The first-order chi connectivity index (χ1) is 10.6. The zero-order valence-electron chi connectivity index (χ0n) is 12.1. The maximum Gasteiger partial charge on any atom is 0.241 e. The minimum atomic E-state index is -3.61. The molecule has 112 valence electrons. The van der Waals surface area contributed by atoms with Crippen molar-refractivity contribution in [3.63, 3.8) is 0 Å². The standard InChI is InChI=1S/C17H16N2O2S/c1-13(14-6-3-2-4-7-14)19-22(20,21)17-9-5-8-15-12-18-11-10-16(15)17/h2-13,19H,1H3. The molecule has 1 heterocycles. The molecular weight excluding hydrogens is 296 g/mol. The molecule has 0 fully saturated rings. The number of hydrogen-bond donors (Lipinski definition) is 1. The Labute approximate surface area is 129 Å². The SMILES string of the molecule is CC(NS(=O)(=O)c1cccc2cnccc12)c1ccccc1. The molecule has 4 nitrogen and oxygen atoms in total. The Balaban J connectivity index is 1.99. The van der Waals surface area contributed by atoms with Crippen LogP contribution in [0.5, 0.6) is 0 Å². The van der Waals surface area contributed by atoms with Crippen LogP contribution in [0.2, 0.25) is 0 Å². The third kappa shape index (κ3) is 2.86. The van der Waals surface area contributed by atoms with Crippen molar-refractivity contribution in [2.45, 2.75) is 17.9 Å². The van der Waals surface area contributed by atoms with Gasteiger partial charge in [0.25, 0.3) is 0 Å². The lowest BCUT2D eigenvalue weighted by Gasteiger charge is -2.15. The van der Waals surface area contributed by atoms with E-state index >= 15 is 0 Å². The molecular formula is C17H16N2O2S. The second-order valence-electron chi connectivity index (χ2n) is 5.11. The van der Waals surface area contributed by atoms with E-state index in [1.54, 1.807) is 30.6 Å². The van der Waals surface area contributed by atoms with Gasteiger partial charge in [-0.25, -0.2) is 13.1 Å². The van der Waals surface area contributed by atoms with Crippen LogP contribution < -0.4 is 4.72 Å². The number of nitrogens with one attached hydrogen (secondary N) is 1. The number of rotatable bonds is 4. The molecule has 0 amide bonds. The molecule has 3 aromatic rings. The molecule has 0 saturated carbocycles. The fourth-order valence-electron chi connectivity index (χ4n) is 2.43. The van der Waals surface area contributed by atoms with Crippen LogP contribution >= 0.6 is 0 Å². The molecule has 1 unspecified atom stereocenters. The molecule has 0 aliphatic heterocycles. The zero-order valence-corrected chi connectivity index (χ0v) is 12.9. The van der Waals surface area contributed by atoms with Crippen molar-refractivity contribution in [3.8, 4) is 0 Å². The Morgan fingerprint density at radius 2 is 1.77 bits per heavy atom. The van der Waals surface area contributed by atoms with Gasteiger partial charge in [-0.3, -0.25) is 4.98 Å². The van der Waals surface area contributed by atoms with Gasteiger partial charge < -0.3 is 0 Å². The highest BCUT2D eigenvalue weighted by molar-refractivity contribution is 7.89. The van der Waals surface area contributed by atoms with Gasteiger partial charge in [-0.1, -0.05) is 42.5 Å². The Hall–Kier alpha value is -2.24. The Morgan fingerprint density at radius 1 is 1.00 bits per heavy atom. The van der Waals surface area contributed by atoms with E-state index in [9.17, 15) is 8.42 Å². The quantitative estimate of drug-likeness (QED) is 0.804. The lowest BCUT2D eigenvalue weighted by Crippen LogP contribution is -2.27. The Morgan fingerprint density at radius 3 is 2.55 bits per heavy atom. The number of nitrogens with zero attached hydrogens (tertiary/aromatic N) is 1. The van der Waals surface area contributed by atoms with Gasteiger partial charge in [0.05, 0.1) is 4.90 Å². The van der Waals surface area contributed by atoms with Crippen LogP contribution in [0.3, 0.4) is 0 Å². The molecule has 0 aliphatic carbocycles. The van der Waals surface area contributed by atoms with E-state index in [-0.39, 0.29) is 10.9 Å². The maximum absolute atomic E-state index is 12.7. The zero-order chi connectivity index (χ0) is 15.6.